The van der Waals surface area contributed by atoms with E-state index in [4.69, 9.17) is 0 Å². The monoisotopic (exact) mass is 298 g/mol. The van der Waals surface area contributed by atoms with Crippen LogP contribution in [0.15, 0.2) is 29.2 Å². The van der Waals surface area contributed by atoms with Gasteiger partial charge in [0, 0.05) is 24.7 Å². The summed E-state index contributed by atoms with van der Waals surface area (Å²) in [5.74, 6) is -0.217. The molecule has 1 aromatic carbocycles. The zero-order valence-corrected chi connectivity index (χ0v) is 13.4. The Morgan fingerprint density at radius 1 is 1.10 bits per heavy atom. The Bertz CT molecular complexity index is 563. The number of amides is 1. The average molecular weight is 298 g/mol. The van der Waals surface area contributed by atoms with E-state index in [2.05, 4.69) is 5.32 Å². The molecule has 0 radical (unpaired) electrons. The summed E-state index contributed by atoms with van der Waals surface area (Å²) in [6.07, 6.45) is 0. The van der Waals surface area contributed by atoms with Crippen molar-refractivity contribution in [3.8, 4) is 0 Å². The van der Waals surface area contributed by atoms with E-state index >= 15 is 0 Å². The fraction of sp³-hybridized carbons (Fsp3) is 0.500. The molecular formula is C14H22N2O3S. The maximum Gasteiger partial charge on any atom is 0.243 e. The van der Waals surface area contributed by atoms with Crippen LogP contribution in [0.2, 0.25) is 0 Å². The van der Waals surface area contributed by atoms with Gasteiger partial charge < -0.3 is 5.32 Å². The molecule has 1 aromatic rings. The van der Waals surface area contributed by atoms with Crippen molar-refractivity contribution in [2.75, 3.05) is 12.4 Å². The van der Waals surface area contributed by atoms with Gasteiger partial charge in [-0.15, -0.1) is 0 Å². The molecule has 6 heteroatoms. The van der Waals surface area contributed by atoms with Crippen molar-refractivity contribution in [2.24, 2.45) is 5.92 Å². The van der Waals surface area contributed by atoms with Crippen LogP contribution in [0, 0.1) is 5.92 Å². The number of benzene rings is 1. The van der Waals surface area contributed by atoms with E-state index in [1.54, 1.807) is 33.0 Å². The Morgan fingerprint density at radius 2 is 1.60 bits per heavy atom. The molecule has 5 nitrogen and oxygen atoms in total. The highest BCUT2D eigenvalue weighted by atomic mass is 32.2. The van der Waals surface area contributed by atoms with Crippen molar-refractivity contribution in [2.45, 2.75) is 38.6 Å². The normalized spacial score (nSPS) is 12.2. The van der Waals surface area contributed by atoms with Crippen LogP contribution in [0.1, 0.15) is 27.7 Å². The van der Waals surface area contributed by atoms with Gasteiger partial charge in [0.2, 0.25) is 15.9 Å². The first-order valence-electron chi connectivity index (χ1n) is 6.55. The fourth-order valence-corrected chi connectivity index (χ4v) is 2.81. The summed E-state index contributed by atoms with van der Waals surface area (Å²) in [5, 5.41) is 2.72. The first-order chi connectivity index (χ1) is 9.16. The van der Waals surface area contributed by atoms with Crippen LogP contribution in [0.25, 0.3) is 0 Å². The Balaban J connectivity index is 2.94. The summed E-state index contributed by atoms with van der Waals surface area (Å²) < 4.78 is 25.8. The molecular weight excluding hydrogens is 276 g/mol. The summed E-state index contributed by atoms with van der Waals surface area (Å²) in [4.78, 5) is 11.8. The van der Waals surface area contributed by atoms with E-state index in [1.807, 2.05) is 13.8 Å². The van der Waals surface area contributed by atoms with Crippen molar-refractivity contribution in [1.82, 2.24) is 4.31 Å². The molecule has 0 atom stereocenters. The number of nitrogens with zero attached hydrogens (tertiary/aromatic N) is 1. The molecule has 0 aliphatic carbocycles. The van der Waals surface area contributed by atoms with Crippen molar-refractivity contribution in [3.05, 3.63) is 24.3 Å². The second-order valence-electron chi connectivity index (χ2n) is 5.28. The molecule has 0 heterocycles. The molecule has 1 N–H and O–H groups in total. The lowest BCUT2D eigenvalue weighted by Crippen LogP contribution is -2.33. The summed E-state index contributed by atoms with van der Waals surface area (Å²) in [7, 11) is -1.93. The van der Waals surface area contributed by atoms with Gasteiger partial charge in [-0.3, -0.25) is 4.79 Å². The van der Waals surface area contributed by atoms with Crippen LogP contribution in [0.4, 0.5) is 5.69 Å². The molecule has 0 bridgehead atoms. The van der Waals surface area contributed by atoms with E-state index in [9.17, 15) is 13.2 Å². The Labute approximate surface area is 121 Å². The Hall–Kier alpha value is -1.40. The van der Waals surface area contributed by atoms with Crippen LogP contribution in [0.3, 0.4) is 0 Å². The molecule has 0 spiro atoms. The van der Waals surface area contributed by atoms with Gasteiger partial charge in [-0.2, -0.15) is 4.31 Å². The van der Waals surface area contributed by atoms with Gasteiger partial charge in [-0.05, 0) is 38.1 Å². The smallest absolute Gasteiger partial charge is 0.243 e. The third kappa shape index (κ3) is 3.80. The number of anilines is 1. The molecule has 0 unspecified atom stereocenters. The summed E-state index contributed by atoms with van der Waals surface area (Å²) >= 11 is 0. The van der Waals surface area contributed by atoms with Crippen molar-refractivity contribution in [1.29, 1.82) is 0 Å². The first kappa shape index (κ1) is 16.7. The average Bonchev–Trinajstić information content (AvgIpc) is 2.38. The van der Waals surface area contributed by atoms with E-state index in [0.717, 1.165) is 0 Å². The minimum absolute atomic E-state index is 0.0973. The van der Waals surface area contributed by atoms with E-state index in [-0.39, 0.29) is 22.8 Å². The number of hydrogen-bond donors (Lipinski definition) is 1. The van der Waals surface area contributed by atoms with Gasteiger partial charge in [-0.1, -0.05) is 13.8 Å². The Morgan fingerprint density at radius 3 is 2.00 bits per heavy atom. The van der Waals surface area contributed by atoms with Crippen LogP contribution < -0.4 is 5.32 Å². The standard InChI is InChI=1S/C14H22N2O3S/c1-10(2)14(17)15-12-6-8-13(9-7-12)20(18,19)16(5)11(3)4/h6-11H,1-5H3,(H,15,17). The highest BCUT2D eigenvalue weighted by Gasteiger charge is 2.22. The molecule has 20 heavy (non-hydrogen) atoms. The van der Waals surface area contributed by atoms with Gasteiger partial charge in [0.25, 0.3) is 0 Å². The van der Waals surface area contributed by atoms with Gasteiger partial charge in [-0.25, -0.2) is 8.42 Å². The fourth-order valence-electron chi connectivity index (χ4n) is 1.44. The molecule has 0 saturated heterocycles. The summed E-state index contributed by atoms with van der Waals surface area (Å²) in [5.41, 5.74) is 0.592. The number of carbonyl (C=O) groups excluding carboxylic acids is 1. The van der Waals surface area contributed by atoms with Gasteiger partial charge in [0.05, 0.1) is 4.90 Å². The number of carbonyl (C=O) groups is 1. The SMILES string of the molecule is CC(C)C(=O)Nc1ccc(S(=O)(=O)N(C)C(C)C)cc1. The van der Waals surface area contributed by atoms with Crippen LogP contribution in [-0.2, 0) is 14.8 Å². The summed E-state index contributed by atoms with van der Waals surface area (Å²) in [6.45, 7) is 7.22. The number of rotatable bonds is 5. The van der Waals surface area contributed by atoms with Gasteiger partial charge >= 0.3 is 0 Å². The van der Waals surface area contributed by atoms with Crippen molar-refractivity contribution in [3.63, 3.8) is 0 Å². The van der Waals surface area contributed by atoms with E-state index in [0.29, 0.717) is 5.69 Å². The molecule has 0 fully saturated rings. The molecule has 0 aliphatic heterocycles. The van der Waals surface area contributed by atoms with Crippen LogP contribution >= 0.6 is 0 Å². The zero-order chi connectivity index (χ0) is 15.5. The molecule has 0 saturated carbocycles. The number of hydrogen-bond acceptors (Lipinski definition) is 3. The number of nitrogens with one attached hydrogen (secondary N) is 1. The second kappa shape index (κ2) is 6.37. The third-order valence-electron chi connectivity index (χ3n) is 3.05. The van der Waals surface area contributed by atoms with Gasteiger partial charge in [0.1, 0.15) is 0 Å². The molecule has 112 valence electrons. The quantitative estimate of drug-likeness (QED) is 0.907. The second-order valence-corrected chi connectivity index (χ2v) is 7.28. The minimum atomic E-state index is -3.48. The topological polar surface area (TPSA) is 66.5 Å². The molecule has 1 amide bonds. The van der Waals surface area contributed by atoms with Crippen molar-refractivity contribution < 1.29 is 13.2 Å². The van der Waals surface area contributed by atoms with E-state index in [1.165, 1.54) is 16.4 Å². The zero-order valence-electron chi connectivity index (χ0n) is 12.5. The minimum Gasteiger partial charge on any atom is -0.326 e. The number of sulfonamides is 1. The highest BCUT2D eigenvalue weighted by molar-refractivity contribution is 7.89. The third-order valence-corrected chi connectivity index (χ3v) is 5.10. The van der Waals surface area contributed by atoms with Crippen LogP contribution in [0.5, 0.6) is 0 Å². The lowest BCUT2D eigenvalue weighted by atomic mass is 10.2. The maximum absolute atomic E-state index is 12.3. The predicted octanol–water partition coefficient (Wildman–Crippen LogP) is 2.31. The first-order valence-corrected chi connectivity index (χ1v) is 7.99. The maximum atomic E-state index is 12.3. The predicted molar refractivity (Wildman–Crippen MR) is 80.0 cm³/mol. The lowest BCUT2D eigenvalue weighted by Gasteiger charge is -2.21. The molecule has 0 aliphatic rings. The van der Waals surface area contributed by atoms with Crippen molar-refractivity contribution >= 4 is 21.6 Å². The highest BCUT2D eigenvalue weighted by Crippen LogP contribution is 2.19. The van der Waals surface area contributed by atoms with E-state index < -0.39 is 10.0 Å². The Kier molecular flexibility index (Phi) is 5.30. The molecule has 0 aromatic heterocycles. The molecule has 1 rings (SSSR count). The largest absolute Gasteiger partial charge is 0.326 e. The van der Waals surface area contributed by atoms with Crippen LogP contribution in [-0.4, -0.2) is 31.7 Å². The lowest BCUT2D eigenvalue weighted by molar-refractivity contribution is -0.118. The summed E-state index contributed by atoms with van der Waals surface area (Å²) in [6, 6.07) is 6.09. The van der Waals surface area contributed by atoms with Gasteiger partial charge in [0.15, 0.2) is 0 Å².